The van der Waals surface area contributed by atoms with Crippen LogP contribution in [0.3, 0.4) is 0 Å². The molecular formula is C23H25N3O2S2. The lowest BCUT2D eigenvalue weighted by atomic mass is 9.99. The summed E-state index contributed by atoms with van der Waals surface area (Å²) in [5, 5.41) is 0. The van der Waals surface area contributed by atoms with E-state index in [9.17, 15) is 8.42 Å². The van der Waals surface area contributed by atoms with Crippen molar-refractivity contribution in [1.29, 1.82) is 0 Å². The number of nitrogens with zero attached hydrogens (tertiary/aromatic N) is 2. The summed E-state index contributed by atoms with van der Waals surface area (Å²) >= 11 is 0. The molecule has 156 valence electrons. The predicted molar refractivity (Wildman–Crippen MR) is 124 cm³/mol. The zero-order chi connectivity index (χ0) is 21.1. The largest absolute Gasteiger partial charge is 0.365 e. The Balaban J connectivity index is 1.52. The third kappa shape index (κ3) is 4.48. The fraction of sp³-hybridized carbons (Fsp3) is 0.217. The summed E-state index contributed by atoms with van der Waals surface area (Å²) in [6.45, 7) is 1.76. The van der Waals surface area contributed by atoms with E-state index in [1.54, 1.807) is 42.7 Å². The summed E-state index contributed by atoms with van der Waals surface area (Å²) in [5.41, 5.74) is 4.63. The van der Waals surface area contributed by atoms with E-state index in [0.717, 1.165) is 30.9 Å². The van der Waals surface area contributed by atoms with Crippen molar-refractivity contribution in [3.05, 3.63) is 83.9 Å². The molecule has 5 nitrogen and oxygen atoms in total. The Hall–Kier alpha value is -2.48. The highest BCUT2D eigenvalue weighted by molar-refractivity contribution is 7.86. The van der Waals surface area contributed by atoms with Crippen LogP contribution in [-0.2, 0) is 34.9 Å². The van der Waals surface area contributed by atoms with E-state index in [2.05, 4.69) is 40.0 Å². The van der Waals surface area contributed by atoms with E-state index in [4.69, 9.17) is 0 Å². The van der Waals surface area contributed by atoms with Crippen molar-refractivity contribution >= 4 is 33.3 Å². The average Bonchev–Trinajstić information content (AvgIpc) is 2.78. The lowest BCUT2D eigenvalue weighted by Gasteiger charge is -2.32. The molecule has 0 bridgehead atoms. The molecule has 0 radical (unpaired) electrons. The van der Waals surface area contributed by atoms with E-state index in [-0.39, 0.29) is 0 Å². The molecule has 0 saturated carbocycles. The van der Waals surface area contributed by atoms with E-state index >= 15 is 0 Å². The highest BCUT2D eigenvalue weighted by Gasteiger charge is 2.19. The van der Waals surface area contributed by atoms with Gasteiger partial charge in [-0.05, 0) is 68.0 Å². The van der Waals surface area contributed by atoms with Crippen LogP contribution in [0.4, 0.5) is 11.4 Å². The molecule has 0 fully saturated rings. The van der Waals surface area contributed by atoms with Gasteiger partial charge in [0.25, 0.3) is 0 Å². The first kappa shape index (κ1) is 20.8. The molecule has 0 saturated heterocycles. The molecule has 3 aromatic carbocycles. The molecule has 0 amide bonds. The number of para-hydroxylation sites is 2. The smallest absolute Gasteiger partial charge is 0.150 e. The van der Waals surface area contributed by atoms with Gasteiger partial charge >= 0.3 is 0 Å². The van der Waals surface area contributed by atoms with Crippen molar-refractivity contribution in [3.8, 4) is 0 Å². The van der Waals surface area contributed by atoms with Gasteiger partial charge in [-0.25, -0.2) is 12.7 Å². The summed E-state index contributed by atoms with van der Waals surface area (Å²) in [7, 11) is 0.899. The van der Waals surface area contributed by atoms with Crippen LogP contribution in [0.1, 0.15) is 11.1 Å². The van der Waals surface area contributed by atoms with Gasteiger partial charge in [-0.1, -0.05) is 36.4 Å². The Labute approximate surface area is 182 Å². The quantitative estimate of drug-likeness (QED) is 0.632. The Morgan fingerprint density at radius 1 is 0.833 bits per heavy atom. The highest BCUT2D eigenvalue weighted by Crippen LogP contribution is 2.31. The molecule has 3 aromatic rings. The van der Waals surface area contributed by atoms with Crippen LogP contribution in [0.5, 0.6) is 0 Å². The lowest BCUT2D eigenvalue weighted by molar-refractivity contribution is 0.602. The topological polar surface area (TPSA) is 52.7 Å². The van der Waals surface area contributed by atoms with Gasteiger partial charge in [0.05, 0.1) is 21.2 Å². The van der Waals surface area contributed by atoms with Crippen LogP contribution in [-0.4, -0.2) is 33.4 Å². The molecule has 2 atom stereocenters. The van der Waals surface area contributed by atoms with Crippen LogP contribution in [0, 0.1) is 0 Å². The third-order valence-electron chi connectivity index (χ3n) is 5.15. The second-order valence-corrected chi connectivity index (χ2v) is 10.3. The van der Waals surface area contributed by atoms with Crippen molar-refractivity contribution in [2.24, 2.45) is 0 Å². The van der Waals surface area contributed by atoms with Gasteiger partial charge in [-0.15, -0.1) is 0 Å². The van der Waals surface area contributed by atoms with Gasteiger partial charge in [0.1, 0.15) is 22.0 Å². The maximum atomic E-state index is 13.0. The SMILES string of the molecule is CN(C)S(=O)c1ccc(S(=O)Nc2ccccc2N2CCc3ccccc3C2)cc1. The molecule has 30 heavy (non-hydrogen) atoms. The van der Waals surface area contributed by atoms with Gasteiger partial charge in [0.2, 0.25) is 0 Å². The molecule has 4 rings (SSSR count). The number of benzene rings is 3. The Morgan fingerprint density at radius 3 is 2.20 bits per heavy atom. The first-order valence-corrected chi connectivity index (χ1v) is 12.1. The monoisotopic (exact) mass is 439 g/mol. The first-order chi connectivity index (χ1) is 14.5. The van der Waals surface area contributed by atoms with Crippen LogP contribution in [0.25, 0.3) is 0 Å². The van der Waals surface area contributed by atoms with Gasteiger partial charge in [0.15, 0.2) is 0 Å². The predicted octanol–water partition coefficient (Wildman–Crippen LogP) is 3.97. The van der Waals surface area contributed by atoms with Crippen molar-refractivity contribution in [3.63, 3.8) is 0 Å². The fourth-order valence-electron chi connectivity index (χ4n) is 3.59. The molecular weight excluding hydrogens is 414 g/mol. The zero-order valence-corrected chi connectivity index (χ0v) is 18.7. The average molecular weight is 440 g/mol. The second-order valence-electron chi connectivity index (χ2n) is 7.36. The summed E-state index contributed by atoms with van der Waals surface area (Å²) in [5.74, 6) is 0. The first-order valence-electron chi connectivity index (χ1n) is 9.81. The normalized spacial score (nSPS) is 15.5. The lowest BCUT2D eigenvalue weighted by Crippen LogP contribution is -2.31. The standard InChI is InChI=1S/C23H25N3O2S2/c1-25(2)30(28)21-13-11-20(12-14-21)29(27)24-22-9-5-6-10-23(22)26-16-15-18-7-3-4-8-19(18)17-26/h3-14,24H,15-17H2,1-2H3. The highest BCUT2D eigenvalue weighted by atomic mass is 32.2. The molecule has 1 aliphatic heterocycles. The summed E-state index contributed by atoms with van der Waals surface area (Å²) in [4.78, 5) is 3.66. The number of fused-ring (bicyclic) bond motifs is 1. The van der Waals surface area contributed by atoms with E-state index in [1.165, 1.54) is 11.1 Å². The Kier molecular flexibility index (Phi) is 6.32. The van der Waals surface area contributed by atoms with Gasteiger partial charge in [-0.2, -0.15) is 0 Å². The molecule has 1 N–H and O–H groups in total. The fourth-order valence-corrected chi connectivity index (χ4v) is 5.25. The summed E-state index contributed by atoms with van der Waals surface area (Å²) in [6, 6.07) is 23.6. The maximum Gasteiger partial charge on any atom is 0.150 e. The molecule has 1 heterocycles. The second kappa shape index (κ2) is 9.12. The minimum Gasteiger partial charge on any atom is -0.365 e. The van der Waals surface area contributed by atoms with Crippen molar-refractivity contribution < 1.29 is 8.42 Å². The van der Waals surface area contributed by atoms with E-state index < -0.39 is 22.0 Å². The van der Waals surface area contributed by atoms with Crippen molar-refractivity contribution in [1.82, 2.24) is 4.31 Å². The molecule has 0 spiro atoms. The molecule has 0 aromatic heterocycles. The van der Waals surface area contributed by atoms with Crippen molar-refractivity contribution in [2.45, 2.75) is 22.8 Å². The number of rotatable bonds is 6. The molecule has 1 aliphatic rings. The minimum absolute atomic E-state index is 0.647. The molecule has 0 aliphatic carbocycles. The number of nitrogens with one attached hydrogen (secondary N) is 1. The van der Waals surface area contributed by atoms with Crippen LogP contribution < -0.4 is 9.62 Å². The zero-order valence-electron chi connectivity index (χ0n) is 17.1. The van der Waals surface area contributed by atoms with Gasteiger partial charge in [0, 0.05) is 13.1 Å². The Bertz CT molecular complexity index is 1080. The number of hydrogen-bond acceptors (Lipinski definition) is 3. The number of hydrogen-bond donors (Lipinski definition) is 1. The van der Waals surface area contributed by atoms with Crippen LogP contribution >= 0.6 is 0 Å². The Morgan fingerprint density at radius 2 is 1.47 bits per heavy atom. The summed E-state index contributed by atoms with van der Waals surface area (Å²) in [6.07, 6.45) is 0.998. The van der Waals surface area contributed by atoms with Gasteiger partial charge < -0.3 is 4.90 Å². The maximum absolute atomic E-state index is 13.0. The van der Waals surface area contributed by atoms with E-state index in [0.29, 0.717) is 9.79 Å². The third-order valence-corrected chi connectivity index (χ3v) is 7.59. The van der Waals surface area contributed by atoms with Crippen LogP contribution in [0.15, 0.2) is 82.6 Å². The van der Waals surface area contributed by atoms with Crippen molar-refractivity contribution in [2.75, 3.05) is 30.3 Å². The van der Waals surface area contributed by atoms with Crippen LogP contribution in [0.2, 0.25) is 0 Å². The molecule has 7 heteroatoms. The minimum atomic E-state index is -1.42. The number of anilines is 2. The van der Waals surface area contributed by atoms with Gasteiger partial charge in [-0.3, -0.25) is 4.72 Å². The summed E-state index contributed by atoms with van der Waals surface area (Å²) < 4.78 is 29.9. The van der Waals surface area contributed by atoms with E-state index in [1.807, 2.05) is 18.2 Å². The molecule has 2 unspecified atom stereocenters.